The maximum atomic E-state index is 12.4. The molecule has 1 unspecified atom stereocenters. The molecule has 1 atom stereocenters. The number of nitrogens with two attached hydrogens (primary N) is 1. The average molecular weight is 265 g/mol. The van der Waals surface area contributed by atoms with E-state index in [0.29, 0.717) is 6.54 Å². The lowest BCUT2D eigenvalue weighted by Gasteiger charge is -2.59. The summed E-state index contributed by atoms with van der Waals surface area (Å²) < 4.78 is 0. The van der Waals surface area contributed by atoms with Gasteiger partial charge in [0.05, 0.1) is 0 Å². The van der Waals surface area contributed by atoms with Gasteiger partial charge in [0.25, 0.3) is 0 Å². The summed E-state index contributed by atoms with van der Waals surface area (Å²) >= 11 is 0. The third-order valence-electron chi connectivity index (χ3n) is 5.75. The van der Waals surface area contributed by atoms with E-state index in [4.69, 9.17) is 5.73 Å². The summed E-state index contributed by atoms with van der Waals surface area (Å²) in [5.41, 5.74) is 5.74. The van der Waals surface area contributed by atoms with Crippen molar-refractivity contribution in [3.63, 3.8) is 0 Å². The van der Waals surface area contributed by atoms with Crippen molar-refractivity contribution in [3.8, 4) is 0 Å². The van der Waals surface area contributed by atoms with Crippen LogP contribution in [-0.2, 0) is 0 Å². The Bertz CT molecular complexity index is 333. The second kappa shape index (κ2) is 4.65. The molecule has 0 heterocycles. The molecule has 0 aromatic rings. The normalized spacial score (nSPS) is 41.1. The number of urea groups is 1. The van der Waals surface area contributed by atoms with Crippen molar-refractivity contribution >= 4 is 6.03 Å². The minimum absolute atomic E-state index is 0.0591. The molecule has 4 rings (SSSR count). The molecular formula is C15H27N3O. The number of nitrogens with one attached hydrogen (secondary N) is 1. The van der Waals surface area contributed by atoms with E-state index in [1.165, 1.54) is 38.5 Å². The van der Waals surface area contributed by atoms with E-state index in [0.717, 1.165) is 17.8 Å². The van der Waals surface area contributed by atoms with Crippen LogP contribution in [0.2, 0.25) is 0 Å². The molecule has 4 heteroatoms. The highest BCUT2D eigenvalue weighted by Gasteiger charge is 2.53. The van der Waals surface area contributed by atoms with E-state index in [1.54, 1.807) is 0 Å². The SMILES string of the molecule is CC(CN)NC(=O)N(C)C12CC3CC(CC(C3)C1)C2. The van der Waals surface area contributed by atoms with E-state index in [-0.39, 0.29) is 17.6 Å². The number of carbonyl (C=O) groups is 1. The number of hydrogen-bond donors (Lipinski definition) is 2. The van der Waals surface area contributed by atoms with Gasteiger partial charge in [-0.1, -0.05) is 0 Å². The minimum atomic E-state index is 0.0591. The topological polar surface area (TPSA) is 58.4 Å². The van der Waals surface area contributed by atoms with Crippen LogP contribution in [0.5, 0.6) is 0 Å². The van der Waals surface area contributed by atoms with Gasteiger partial charge in [0.2, 0.25) is 0 Å². The molecule has 4 bridgehead atoms. The summed E-state index contributed by atoms with van der Waals surface area (Å²) in [5.74, 6) is 2.61. The predicted octanol–water partition coefficient (Wildman–Crippen LogP) is 1.94. The number of amides is 2. The van der Waals surface area contributed by atoms with Crippen molar-refractivity contribution in [2.75, 3.05) is 13.6 Å². The van der Waals surface area contributed by atoms with E-state index in [2.05, 4.69) is 5.32 Å². The monoisotopic (exact) mass is 265 g/mol. The molecule has 0 aromatic carbocycles. The van der Waals surface area contributed by atoms with Gasteiger partial charge in [0, 0.05) is 25.2 Å². The lowest BCUT2D eigenvalue weighted by molar-refractivity contribution is -0.0623. The number of hydrogen-bond acceptors (Lipinski definition) is 2. The van der Waals surface area contributed by atoms with Crippen molar-refractivity contribution in [2.45, 2.75) is 57.0 Å². The molecule has 4 nitrogen and oxygen atoms in total. The Labute approximate surface area is 116 Å². The minimum Gasteiger partial charge on any atom is -0.334 e. The van der Waals surface area contributed by atoms with Crippen LogP contribution in [0.4, 0.5) is 4.79 Å². The third kappa shape index (κ3) is 2.24. The summed E-state index contributed by atoms with van der Waals surface area (Å²) in [7, 11) is 1.99. The molecule has 0 aromatic heterocycles. The quantitative estimate of drug-likeness (QED) is 0.819. The molecule has 4 fully saturated rings. The van der Waals surface area contributed by atoms with Crippen LogP contribution < -0.4 is 11.1 Å². The first kappa shape index (κ1) is 13.2. The zero-order chi connectivity index (χ0) is 13.6. The maximum Gasteiger partial charge on any atom is 0.317 e. The molecule has 4 aliphatic carbocycles. The van der Waals surface area contributed by atoms with Gasteiger partial charge in [-0.3, -0.25) is 0 Å². The first-order valence-corrected chi connectivity index (χ1v) is 7.77. The Kier molecular flexibility index (Phi) is 3.24. The molecule has 0 saturated heterocycles. The molecule has 0 spiro atoms. The van der Waals surface area contributed by atoms with Crippen LogP contribution in [0.25, 0.3) is 0 Å². The summed E-state index contributed by atoms with van der Waals surface area (Å²) in [5, 5.41) is 3.02. The number of carbonyl (C=O) groups excluding carboxylic acids is 1. The fraction of sp³-hybridized carbons (Fsp3) is 0.933. The van der Waals surface area contributed by atoms with Crippen molar-refractivity contribution in [1.29, 1.82) is 0 Å². The van der Waals surface area contributed by atoms with Gasteiger partial charge in [-0.2, -0.15) is 0 Å². The Morgan fingerprint density at radius 2 is 1.74 bits per heavy atom. The Morgan fingerprint density at radius 1 is 1.26 bits per heavy atom. The molecule has 0 radical (unpaired) electrons. The smallest absolute Gasteiger partial charge is 0.317 e. The standard InChI is InChI=1S/C15H27N3O/c1-10(9-16)17-14(19)18(2)15-6-11-3-12(7-15)5-13(4-11)8-15/h10-13H,3-9,16H2,1-2H3,(H,17,19). The zero-order valence-electron chi connectivity index (χ0n) is 12.2. The van der Waals surface area contributed by atoms with Gasteiger partial charge in [0.1, 0.15) is 0 Å². The van der Waals surface area contributed by atoms with Gasteiger partial charge >= 0.3 is 6.03 Å². The summed E-state index contributed by atoms with van der Waals surface area (Å²) in [6, 6.07) is 0.128. The fourth-order valence-corrected chi connectivity index (χ4v) is 5.06. The highest BCUT2D eigenvalue weighted by atomic mass is 16.2. The van der Waals surface area contributed by atoms with E-state index >= 15 is 0 Å². The fourth-order valence-electron chi connectivity index (χ4n) is 5.06. The molecule has 4 aliphatic rings. The molecular weight excluding hydrogens is 238 g/mol. The Hall–Kier alpha value is -0.770. The lowest BCUT2D eigenvalue weighted by Crippen LogP contribution is -2.62. The van der Waals surface area contributed by atoms with Crippen LogP contribution in [-0.4, -0.2) is 36.1 Å². The van der Waals surface area contributed by atoms with Crippen LogP contribution in [0.3, 0.4) is 0 Å². The van der Waals surface area contributed by atoms with Gasteiger partial charge in [0.15, 0.2) is 0 Å². The predicted molar refractivity (Wildman–Crippen MR) is 75.7 cm³/mol. The average Bonchev–Trinajstić information content (AvgIpc) is 2.36. The Morgan fingerprint density at radius 3 is 2.16 bits per heavy atom. The first-order valence-electron chi connectivity index (χ1n) is 7.77. The molecule has 2 amide bonds. The molecule has 0 aliphatic heterocycles. The molecule has 3 N–H and O–H groups in total. The van der Waals surface area contributed by atoms with Gasteiger partial charge in [-0.25, -0.2) is 4.79 Å². The van der Waals surface area contributed by atoms with Crippen molar-refractivity contribution in [1.82, 2.24) is 10.2 Å². The van der Waals surface area contributed by atoms with E-state index in [1.807, 2.05) is 18.9 Å². The largest absolute Gasteiger partial charge is 0.334 e. The van der Waals surface area contributed by atoms with Crippen molar-refractivity contribution in [3.05, 3.63) is 0 Å². The second-order valence-corrected chi connectivity index (χ2v) is 7.29. The zero-order valence-corrected chi connectivity index (χ0v) is 12.2. The summed E-state index contributed by atoms with van der Waals surface area (Å²) in [6.45, 7) is 2.46. The molecule has 108 valence electrons. The second-order valence-electron chi connectivity index (χ2n) is 7.29. The summed E-state index contributed by atoms with van der Waals surface area (Å²) in [4.78, 5) is 14.4. The maximum absolute atomic E-state index is 12.4. The lowest BCUT2D eigenvalue weighted by atomic mass is 9.52. The highest BCUT2D eigenvalue weighted by Crippen LogP contribution is 2.57. The van der Waals surface area contributed by atoms with Crippen molar-refractivity contribution in [2.24, 2.45) is 23.5 Å². The number of rotatable bonds is 3. The Balaban J connectivity index is 1.72. The van der Waals surface area contributed by atoms with Gasteiger partial charge in [-0.05, 0) is 63.2 Å². The van der Waals surface area contributed by atoms with Crippen LogP contribution >= 0.6 is 0 Å². The van der Waals surface area contributed by atoms with E-state index in [9.17, 15) is 4.79 Å². The van der Waals surface area contributed by atoms with Crippen LogP contribution in [0.1, 0.15) is 45.4 Å². The van der Waals surface area contributed by atoms with E-state index < -0.39 is 0 Å². The molecule has 19 heavy (non-hydrogen) atoms. The third-order valence-corrected chi connectivity index (χ3v) is 5.75. The highest BCUT2D eigenvalue weighted by molar-refractivity contribution is 5.75. The van der Waals surface area contributed by atoms with Crippen molar-refractivity contribution < 1.29 is 4.79 Å². The van der Waals surface area contributed by atoms with Crippen LogP contribution in [0.15, 0.2) is 0 Å². The first-order chi connectivity index (χ1) is 9.02. The molecule has 4 saturated carbocycles. The number of nitrogens with zero attached hydrogens (tertiary/aromatic N) is 1. The van der Waals surface area contributed by atoms with Gasteiger partial charge in [-0.15, -0.1) is 0 Å². The summed E-state index contributed by atoms with van der Waals surface area (Å²) in [6.07, 6.45) is 7.90. The van der Waals surface area contributed by atoms with Gasteiger partial charge < -0.3 is 16.0 Å². The van der Waals surface area contributed by atoms with Crippen LogP contribution in [0, 0.1) is 17.8 Å².